The number of ether oxygens (including phenoxy) is 1. The highest BCUT2D eigenvalue weighted by Crippen LogP contribution is 2.24. The Morgan fingerprint density at radius 3 is 2.67 bits per heavy atom. The van der Waals surface area contributed by atoms with E-state index in [1.165, 1.54) is 12.7 Å². The molecule has 3 rings (SSSR count). The summed E-state index contributed by atoms with van der Waals surface area (Å²) in [5, 5.41) is 8.11. The van der Waals surface area contributed by atoms with Crippen molar-refractivity contribution in [1.82, 2.24) is 20.0 Å². The Balaban J connectivity index is 1.76. The van der Waals surface area contributed by atoms with Gasteiger partial charge >= 0.3 is 5.97 Å². The highest BCUT2D eigenvalue weighted by atomic mass is 16.5. The molecule has 0 amide bonds. The van der Waals surface area contributed by atoms with Crippen LogP contribution in [0.4, 0.5) is 0 Å². The predicted octanol–water partition coefficient (Wildman–Crippen LogP) is 2.75. The number of aliphatic imine (C=N–C) groups is 1. The fourth-order valence-electron chi connectivity index (χ4n) is 4.05. The largest absolute Gasteiger partial charge is 0.469 e. The molecule has 1 fully saturated rings. The van der Waals surface area contributed by atoms with Crippen molar-refractivity contribution in [3.8, 4) is 0 Å². The van der Waals surface area contributed by atoms with Crippen molar-refractivity contribution in [2.45, 2.75) is 40.8 Å². The minimum absolute atomic E-state index is 0.115. The van der Waals surface area contributed by atoms with E-state index < -0.39 is 0 Å². The molecule has 1 aliphatic heterocycles. The number of aromatic nitrogens is 2. The maximum absolute atomic E-state index is 12.1. The number of hydrogen-bond acceptors (Lipinski definition) is 4. The van der Waals surface area contributed by atoms with Gasteiger partial charge in [0, 0.05) is 30.9 Å². The van der Waals surface area contributed by atoms with Crippen molar-refractivity contribution in [1.29, 1.82) is 0 Å². The number of likely N-dealkylation sites (tertiary alicyclic amines) is 1. The van der Waals surface area contributed by atoms with Gasteiger partial charge in [0.15, 0.2) is 5.96 Å². The normalized spacial score (nSPS) is 19.2. The van der Waals surface area contributed by atoms with E-state index in [0.29, 0.717) is 13.1 Å². The van der Waals surface area contributed by atoms with Gasteiger partial charge in [-0.3, -0.25) is 9.48 Å². The van der Waals surface area contributed by atoms with Gasteiger partial charge in [-0.1, -0.05) is 37.3 Å². The molecule has 1 aliphatic rings. The van der Waals surface area contributed by atoms with Crippen molar-refractivity contribution < 1.29 is 9.53 Å². The number of carbonyl (C=O) groups excluding carboxylic acids is 1. The van der Waals surface area contributed by atoms with E-state index in [0.717, 1.165) is 42.5 Å². The second-order valence-electron chi connectivity index (χ2n) is 7.97. The number of hydrogen-bond donors (Lipinski definition) is 1. The second-order valence-corrected chi connectivity index (χ2v) is 7.97. The summed E-state index contributed by atoms with van der Waals surface area (Å²) >= 11 is 0. The molecule has 1 aromatic heterocycles. The highest BCUT2D eigenvalue weighted by molar-refractivity contribution is 5.82. The lowest BCUT2D eigenvalue weighted by molar-refractivity contribution is -0.145. The summed E-state index contributed by atoms with van der Waals surface area (Å²) in [7, 11) is 1.45. The van der Waals surface area contributed by atoms with Gasteiger partial charge in [-0.2, -0.15) is 5.10 Å². The third-order valence-electron chi connectivity index (χ3n) is 5.84. The van der Waals surface area contributed by atoms with Crippen LogP contribution < -0.4 is 5.32 Å². The van der Waals surface area contributed by atoms with E-state index in [9.17, 15) is 4.79 Å². The monoisotopic (exact) mass is 411 g/mol. The van der Waals surface area contributed by atoms with E-state index in [-0.39, 0.29) is 17.8 Å². The average Bonchev–Trinajstić information content (AvgIpc) is 3.25. The zero-order valence-corrected chi connectivity index (χ0v) is 18.7. The van der Waals surface area contributed by atoms with Gasteiger partial charge in [0.1, 0.15) is 0 Å². The maximum atomic E-state index is 12.1. The van der Waals surface area contributed by atoms with Gasteiger partial charge in [-0.05, 0) is 32.3 Å². The molecule has 0 aliphatic carbocycles. The molecule has 0 radical (unpaired) electrons. The number of esters is 1. The third kappa shape index (κ3) is 4.83. The molecule has 1 aromatic carbocycles. The summed E-state index contributed by atoms with van der Waals surface area (Å²) in [5.41, 5.74) is 4.52. The van der Waals surface area contributed by atoms with Crippen molar-refractivity contribution in [3.05, 3.63) is 52.8 Å². The van der Waals surface area contributed by atoms with Gasteiger partial charge in [0.2, 0.25) is 0 Å². The number of benzene rings is 1. The summed E-state index contributed by atoms with van der Waals surface area (Å²) in [5.74, 6) is 0.814. The average molecular weight is 412 g/mol. The number of aryl methyl sites for hydroxylation is 1. The van der Waals surface area contributed by atoms with E-state index in [1.54, 1.807) is 0 Å². The molecule has 30 heavy (non-hydrogen) atoms. The maximum Gasteiger partial charge on any atom is 0.310 e. The lowest BCUT2D eigenvalue weighted by Gasteiger charge is -2.21. The first-order valence-corrected chi connectivity index (χ1v) is 10.6. The van der Waals surface area contributed by atoms with Crippen LogP contribution in [0.15, 0.2) is 35.3 Å². The molecule has 7 heteroatoms. The Kier molecular flexibility index (Phi) is 7.13. The Morgan fingerprint density at radius 2 is 2.00 bits per heavy atom. The molecule has 162 valence electrons. The predicted molar refractivity (Wildman–Crippen MR) is 118 cm³/mol. The molecule has 2 heterocycles. The van der Waals surface area contributed by atoms with Crippen LogP contribution in [0, 0.1) is 25.7 Å². The van der Waals surface area contributed by atoms with Gasteiger partial charge in [-0.25, -0.2) is 4.99 Å². The van der Waals surface area contributed by atoms with E-state index in [4.69, 9.17) is 14.8 Å². The summed E-state index contributed by atoms with van der Waals surface area (Å²) < 4.78 is 7.02. The molecule has 7 nitrogen and oxygen atoms in total. The van der Waals surface area contributed by atoms with Crippen LogP contribution in [0.25, 0.3) is 0 Å². The first-order chi connectivity index (χ1) is 14.4. The molecular weight excluding hydrogens is 378 g/mol. The van der Waals surface area contributed by atoms with Crippen molar-refractivity contribution >= 4 is 11.9 Å². The lowest BCUT2D eigenvalue weighted by atomic mass is 9.99. The fraction of sp³-hybridized carbons (Fsp3) is 0.522. The molecule has 2 unspecified atom stereocenters. The minimum atomic E-state index is -0.144. The Morgan fingerprint density at radius 1 is 1.27 bits per heavy atom. The first-order valence-electron chi connectivity index (χ1n) is 10.6. The van der Waals surface area contributed by atoms with Gasteiger partial charge < -0.3 is 15.0 Å². The molecule has 0 bridgehead atoms. The van der Waals surface area contributed by atoms with Crippen LogP contribution in [0.5, 0.6) is 0 Å². The molecule has 0 saturated carbocycles. The molecule has 2 atom stereocenters. The van der Waals surface area contributed by atoms with Crippen LogP contribution in [0.1, 0.15) is 36.4 Å². The lowest BCUT2D eigenvalue weighted by Crippen LogP contribution is -2.40. The van der Waals surface area contributed by atoms with Crippen LogP contribution in [0.2, 0.25) is 0 Å². The van der Waals surface area contributed by atoms with Crippen LogP contribution in [-0.4, -0.2) is 53.4 Å². The van der Waals surface area contributed by atoms with Crippen LogP contribution in [0.3, 0.4) is 0 Å². The number of guanidine groups is 1. The molecule has 1 N–H and O–H groups in total. The van der Waals surface area contributed by atoms with Crippen LogP contribution in [-0.2, 0) is 22.6 Å². The van der Waals surface area contributed by atoms with Crippen molar-refractivity contribution in [2.75, 3.05) is 26.7 Å². The summed E-state index contributed by atoms with van der Waals surface area (Å²) in [6.07, 6.45) is 0. The second kappa shape index (κ2) is 9.78. The van der Waals surface area contributed by atoms with Gasteiger partial charge in [0.25, 0.3) is 0 Å². The molecule has 2 aromatic rings. The van der Waals surface area contributed by atoms with Gasteiger partial charge in [0.05, 0.1) is 31.8 Å². The Bertz CT molecular complexity index is 890. The quantitative estimate of drug-likeness (QED) is 0.450. The summed E-state index contributed by atoms with van der Waals surface area (Å²) in [6.45, 7) is 11.8. The number of rotatable bonds is 6. The Labute approximate surface area is 179 Å². The number of carbonyl (C=O) groups is 1. The van der Waals surface area contributed by atoms with Gasteiger partial charge in [-0.15, -0.1) is 0 Å². The molecule has 1 saturated heterocycles. The topological polar surface area (TPSA) is 71.8 Å². The first kappa shape index (κ1) is 21.9. The number of nitrogens with zero attached hydrogens (tertiary/aromatic N) is 4. The number of nitrogens with one attached hydrogen (secondary N) is 1. The van der Waals surface area contributed by atoms with Crippen LogP contribution >= 0.6 is 0 Å². The third-order valence-corrected chi connectivity index (χ3v) is 5.84. The zero-order valence-electron chi connectivity index (χ0n) is 18.7. The molecular formula is C23H33N5O2. The standard InChI is InChI=1S/C23H33N5O2/c1-6-24-23(27-13-16(2)21(15-27)22(29)30-5)25-12-20-17(3)26-28(18(20)4)14-19-10-8-7-9-11-19/h7-11,16,21H,6,12-15H2,1-5H3,(H,24,25). The summed E-state index contributed by atoms with van der Waals surface area (Å²) in [6, 6.07) is 10.4. The molecule has 0 spiro atoms. The minimum Gasteiger partial charge on any atom is -0.469 e. The fourth-order valence-corrected chi connectivity index (χ4v) is 4.05. The SMILES string of the molecule is CCNC(=NCc1c(C)nn(Cc2ccccc2)c1C)N1CC(C)C(C(=O)OC)C1. The van der Waals surface area contributed by atoms with E-state index >= 15 is 0 Å². The van der Waals surface area contributed by atoms with E-state index in [1.807, 2.05) is 29.8 Å². The van der Waals surface area contributed by atoms with Crippen molar-refractivity contribution in [3.63, 3.8) is 0 Å². The highest BCUT2D eigenvalue weighted by Gasteiger charge is 2.36. The number of methoxy groups -OCH3 is 1. The summed E-state index contributed by atoms with van der Waals surface area (Å²) in [4.78, 5) is 19.1. The van der Waals surface area contributed by atoms with E-state index in [2.05, 4.69) is 43.1 Å². The van der Waals surface area contributed by atoms with Crippen molar-refractivity contribution in [2.24, 2.45) is 16.8 Å². The smallest absolute Gasteiger partial charge is 0.310 e. The Hall–Kier alpha value is -2.83. The zero-order chi connectivity index (χ0) is 21.7.